The molecule has 0 spiro atoms. The fourth-order valence-electron chi connectivity index (χ4n) is 3.21. The van der Waals surface area contributed by atoms with Crippen molar-refractivity contribution in [1.29, 1.82) is 0 Å². The van der Waals surface area contributed by atoms with Crippen molar-refractivity contribution in [1.82, 2.24) is 9.62 Å². The van der Waals surface area contributed by atoms with Crippen LogP contribution in [0.1, 0.15) is 36.0 Å². The van der Waals surface area contributed by atoms with Crippen molar-refractivity contribution >= 4 is 15.9 Å². The number of hydrogen-bond donors (Lipinski definition) is 1. The second-order valence-electron chi connectivity index (χ2n) is 6.81. The molecule has 25 heavy (non-hydrogen) atoms. The highest BCUT2D eigenvalue weighted by molar-refractivity contribution is 7.90. The summed E-state index contributed by atoms with van der Waals surface area (Å²) in [5, 5.41) is 2.71. The molecule has 1 heterocycles. The van der Waals surface area contributed by atoms with Crippen molar-refractivity contribution in [3.05, 3.63) is 35.6 Å². The van der Waals surface area contributed by atoms with Crippen LogP contribution in [-0.2, 0) is 14.8 Å². The van der Waals surface area contributed by atoms with E-state index in [0.717, 1.165) is 0 Å². The lowest BCUT2D eigenvalue weighted by molar-refractivity contribution is 0.0871. The van der Waals surface area contributed by atoms with E-state index >= 15 is 0 Å². The average molecular weight is 370 g/mol. The van der Waals surface area contributed by atoms with Crippen LogP contribution in [0.2, 0.25) is 0 Å². The Morgan fingerprint density at radius 2 is 2.04 bits per heavy atom. The van der Waals surface area contributed by atoms with Gasteiger partial charge in [0, 0.05) is 32.4 Å². The number of carbonyl (C=O) groups excluding carboxylic acids is 1. The maximum absolute atomic E-state index is 13.0. The summed E-state index contributed by atoms with van der Waals surface area (Å²) in [6, 6.07) is 5.30. The van der Waals surface area contributed by atoms with E-state index in [4.69, 9.17) is 4.74 Å². The Balaban J connectivity index is 1.75. The summed E-state index contributed by atoms with van der Waals surface area (Å²) in [6.45, 7) is 1.06. The molecule has 0 radical (unpaired) electrons. The topological polar surface area (TPSA) is 75.7 Å². The van der Waals surface area contributed by atoms with Crippen molar-refractivity contribution < 1.29 is 22.3 Å². The maximum Gasteiger partial charge on any atom is 0.251 e. The first-order chi connectivity index (χ1) is 11.9. The number of sulfonamides is 1. The first kappa shape index (κ1) is 18.3. The number of hydrogen-bond acceptors (Lipinski definition) is 4. The summed E-state index contributed by atoms with van der Waals surface area (Å²) < 4.78 is 44.7. The van der Waals surface area contributed by atoms with Crippen LogP contribution >= 0.6 is 0 Å². The zero-order valence-corrected chi connectivity index (χ0v) is 15.0. The van der Waals surface area contributed by atoms with Crippen LogP contribution in [-0.4, -0.2) is 56.2 Å². The first-order valence-electron chi connectivity index (χ1n) is 8.42. The average Bonchev–Trinajstić information content (AvgIpc) is 3.36. The molecule has 1 aliphatic carbocycles. The van der Waals surface area contributed by atoms with Crippen molar-refractivity contribution in [2.45, 2.75) is 36.5 Å². The van der Waals surface area contributed by atoms with Crippen molar-refractivity contribution in [3.8, 4) is 0 Å². The molecule has 1 aliphatic heterocycles. The SMILES string of the molecule is COCCC1(NC(=O)c2ccc(F)cc2)CCN(S(=O)(=O)C2CC2)C1. The lowest BCUT2D eigenvalue weighted by Gasteiger charge is -2.30. The van der Waals surface area contributed by atoms with Gasteiger partial charge in [0.15, 0.2) is 0 Å². The van der Waals surface area contributed by atoms with E-state index in [1.165, 1.54) is 28.6 Å². The van der Waals surface area contributed by atoms with Gasteiger partial charge >= 0.3 is 0 Å². The normalized spacial score (nSPS) is 24.4. The van der Waals surface area contributed by atoms with E-state index in [9.17, 15) is 17.6 Å². The Morgan fingerprint density at radius 1 is 1.36 bits per heavy atom. The molecule has 0 bridgehead atoms. The molecule has 1 aromatic carbocycles. The van der Waals surface area contributed by atoms with E-state index in [1.54, 1.807) is 7.11 Å². The molecular weight excluding hydrogens is 347 g/mol. The molecule has 1 aromatic rings. The highest BCUT2D eigenvalue weighted by Crippen LogP contribution is 2.36. The maximum atomic E-state index is 13.0. The van der Waals surface area contributed by atoms with E-state index in [0.29, 0.717) is 44.4 Å². The van der Waals surface area contributed by atoms with Crippen molar-refractivity contribution in [2.75, 3.05) is 26.8 Å². The Kier molecular flexibility index (Phi) is 5.13. The van der Waals surface area contributed by atoms with E-state index < -0.39 is 21.4 Å². The number of nitrogens with one attached hydrogen (secondary N) is 1. The van der Waals surface area contributed by atoms with Crippen LogP contribution in [0.5, 0.6) is 0 Å². The first-order valence-corrected chi connectivity index (χ1v) is 9.93. The van der Waals surface area contributed by atoms with Crippen molar-refractivity contribution in [3.63, 3.8) is 0 Å². The fraction of sp³-hybridized carbons (Fsp3) is 0.588. The molecule has 8 heteroatoms. The number of carbonyl (C=O) groups is 1. The van der Waals surface area contributed by atoms with E-state index in [2.05, 4.69) is 5.32 Å². The lowest BCUT2D eigenvalue weighted by Crippen LogP contribution is -2.51. The number of methoxy groups -OCH3 is 1. The molecule has 2 fully saturated rings. The quantitative estimate of drug-likeness (QED) is 0.790. The fourth-order valence-corrected chi connectivity index (χ4v) is 5.13. The Hall–Kier alpha value is -1.51. The van der Waals surface area contributed by atoms with Gasteiger partial charge in [-0.3, -0.25) is 4.79 Å². The van der Waals surface area contributed by atoms with Crippen LogP contribution in [0.25, 0.3) is 0 Å². The minimum absolute atomic E-state index is 0.252. The van der Waals surface area contributed by atoms with Gasteiger partial charge in [-0.15, -0.1) is 0 Å². The predicted molar refractivity (Wildman–Crippen MR) is 91.2 cm³/mol. The Bertz CT molecular complexity index is 734. The highest BCUT2D eigenvalue weighted by Gasteiger charge is 2.48. The minimum Gasteiger partial charge on any atom is -0.385 e. The Labute approximate surface area is 147 Å². The van der Waals surface area contributed by atoms with Gasteiger partial charge in [0.05, 0.1) is 10.8 Å². The smallest absolute Gasteiger partial charge is 0.251 e. The van der Waals surface area contributed by atoms with Crippen LogP contribution in [0.4, 0.5) is 4.39 Å². The number of benzene rings is 1. The van der Waals surface area contributed by atoms with Gasteiger partial charge in [-0.1, -0.05) is 0 Å². The molecule has 1 saturated carbocycles. The summed E-state index contributed by atoms with van der Waals surface area (Å²) in [4.78, 5) is 12.5. The third-order valence-corrected chi connectivity index (χ3v) is 7.24. The Morgan fingerprint density at radius 3 is 2.64 bits per heavy atom. The third kappa shape index (κ3) is 4.02. The molecule has 6 nitrogen and oxygen atoms in total. The minimum atomic E-state index is -3.28. The van der Waals surface area contributed by atoms with Gasteiger partial charge in [0.1, 0.15) is 5.82 Å². The molecule has 3 rings (SSSR count). The molecular formula is C17H23FN2O4S. The largest absolute Gasteiger partial charge is 0.385 e. The van der Waals surface area contributed by atoms with Gasteiger partial charge in [-0.2, -0.15) is 4.31 Å². The summed E-state index contributed by atoms with van der Waals surface area (Å²) in [5.74, 6) is -0.741. The molecule has 1 saturated heterocycles. The van der Waals surface area contributed by atoms with Crippen LogP contribution in [0.15, 0.2) is 24.3 Å². The molecule has 1 amide bonds. The van der Waals surface area contributed by atoms with Gasteiger partial charge in [0.2, 0.25) is 10.0 Å². The number of rotatable bonds is 7. The zero-order chi connectivity index (χ0) is 18.1. The highest BCUT2D eigenvalue weighted by atomic mass is 32.2. The van der Waals surface area contributed by atoms with Gasteiger partial charge in [-0.05, 0) is 49.9 Å². The van der Waals surface area contributed by atoms with Gasteiger partial charge in [-0.25, -0.2) is 12.8 Å². The lowest BCUT2D eigenvalue weighted by atomic mass is 9.94. The number of halogens is 1. The standard InChI is InChI=1S/C17H23FN2O4S/c1-24-11-9-17(19-16(21)13-2-4-14(18)5-3-13)8-10-20(12-17)25(22,23)15-6-7-15/h2-5,15H,6-12H2,1H3,(H,19,21). The monoisotopic (exact) mass is 370 g/mol. The summed E-state index contributed by atoms with van der Waals surface area (Å²) >= 11 is 0. The molecule has 1 atom stereocenters. The third-order valence-electron chi connectivity index (χ3n) is 4.89. The molecule has 0 aromatic heterocycles. The summed E-state index contributed by atoms with van der Waals surface area (Å²) in [7, 11) is -1.70. The van der Waals surface area contributed by atoms with Gasteiger partial charge in [0.25, 0.3) is 5.91 Å². The van der Waals surface area contributed by atoms with Crippen LogP contribution < -0.4 is 5.32 Å². The second kappa shape index (κ2) is 7.01. The van der Waals surface area contributed by atoms with Crippen molar-refractivity contribution in [2.24, 2.45) is 0 Å². The molecule has 2 aliphatic rings. The van der Waals surface area contributed by atoms with E-state index in [1.807, 2.05) is 0 Å². The second-order valence-corrected chi connectivity index (χ2v) is 9.03. The predicted octanol–water partition coefficient (Wildman–Crippen LogP) is 1.53. The molecule has 1 unspecified atom stereocenters. The summed E-state index contributed by atoms with van der Waals surface area (Å²) in [6.07, 6.45) is 2.49. The molecule has 138 valence electrons. The van der Waals surface area contributed by atoms with Crippen LogP contribution in [0, 0.1) is 5.82 Å². The number of ether oxygens (including phenoxy) is 1. The van der Waals surface area contributed by atoms with Gasteiger partial charge < -0.3 is 10.1 Å². The number of nitrogens with zero attached hydrogens (tertiary/aromatic N) is 1. The molecule has 1 N–H and O–H groups in total. The number of amides is 1. The van der Waals surface area contributed by atoms with E-state index in [-0.39, 0.29) is 17.7 Å². The summed E-state index contributed by atoms with van der Waals surface area (Å²) in [5.41, 5.74) is -0.314. The zero-order valence-electron chi connectivity index (χ0n) is 14.2. The van der Waals surface area contributed by atoms with Crippen LogP contribution in [0.3, 0.4) is 0 Å².